The quantitative estimate of drug-likeness (QED) is 0.396. The summed E-state index contributed by atoms with van der Waals surface area (Å²) in [5.74, 6) is -0.228. The highest BCUT2D eigenvalue weighted by Crippen LogP contribution is 2.71. The Morgan fingerprint density at radius 2 is 2.06 bits per heavy atom. The van der Waals surface area contributed by atoms with Crippen LogP contribution in [0.2, 0.25) is 18.1 Å². The first kappa shape index (κ1) is 21.6. The van der Waals surface area contributed by atoms with Gasteiger partial charge in [-0.25, -0.2) is 4.79 Å². The average molecular weight is 445 g/mol. The monoisotopic (exact) mass is 444 g/mol. The molecule has 6 heteroatoms. The van der Waals surface area contributed by atoms with Gasteiger partial charge in [0.25, 0.3) is 0 Å². The lowest BCUT2D eigenvalue weighted by Gasteiger charge is -2.57. The Morgan fingerprint density at radius 3 is 2.71 bits per heavy atom. The first-order chi connectivity index (χ1) is 14.3. The van der Waals surface area contributed by atoms with Crippen molar-refractivity contribution in [1.29, 1.82) is 0 Å². The summed E-state index contributed by atoms with van der Waals surface area (Å²) in [4.78, 5) is 12.5. The molecule has 5 nitrogen and oxygen atoms in total. The fourth-order valence-electron chi connectivity index (χ4n) is 7.02. The number of rotatable bonds is 3. The number of carbonyl (C=O) groups excluding carboxylic acids is 1. The lowest BCUT2D eigenvalue weighted by atomic mass is 9.51. The van der Waals surface area contributed by atoms with Crippen molar-refractivity contribution in [2.45, 2.75) is 94.4 Å². The van der Waals surface area contributed by atoms with Crippen LogP contribution in [0.5, 0.6) is 0 Å². The van der Waals surface area contributed by atoms with Crippen molar-refractivity contribution in [3.63, 3.8) is 0 Å². The van der Waals surface area contributed by atoms with Crippen LogP contribution in [0, 0.1) is 11.3 Å². The molecule has 3 aliphatic carbocycles. The van der Waals surface area contributed by atoms with Gasteiger partial charge in [0, 0.05) is 11.3 Å². The van der Waals surface area contributed by atoms with Crippen LogP contribution in [-0.2, 0) is 18.7 Å². The SMILES string of the molecule is C=C1C[C@]23C[C@@]1(O[Si](C)(C)C(C)(C)C)CC[C@H]2[C@]12C=C[C@@H](O1)C(C(=O)OC)=C2C[C@@H]3O. The topological polar surface area (TPSA) is 65.0 Å². The van der Waals surface area contributed by atoms with Gasteiger partial charge in [0.2, 0.25) is 0 Å². The van der Waals surface area contributed by atoms with Gasteiger partial charge < -0.3 is 19.0 Å². The van der Waals surface area contributed by atoms with Crippen molar-refractivity contribution in [3.05, 3.63) is 35.5 Å². The lowest BCUT2D eigenvalue weighted by Crippen LogP contribution is -2.60. The molecule has 2 aliphatic heterocycles. The van der Waals surface area contributed by atoms with Crippen molar-refractivity contribution in [3.8, 4) is 0 Å². The second kappa shape index (κ2) is 6.22. The Morgan fingerprint density at radius 1 is 1.35 bits per heavy atom. The Bertz CT molecular complexity index is 927. The van der Waals surface area contributed by atoms with Crippen LogP contribution >= 0.6 is 0 Å². The summed E-state index contributed by atoms with van der Waals surface area (Å²) >= 11 is 0. The van der Waals surface area contributed by atoms with E-state index in [9.17, 15) is 9.90 Å². The first-order valence-electron chi connectivity index (χ1n) is 11.6. The van der Waals surface area contributed by atoms with Gasteiger partial charge in [-0.3, -0.25) is 0 Å². The van der Waals surface area contributed by atoms with Gasteiger partial charge >= 0.3 is 5.97 Å². The zero-order valence-corrected chi connectivity index (χ0v) is 20.7. The van der Waals surface area contributed by atoms with Gasteiger partial charge in [-0.1, -0.05) is 33.4 Å². The van der Waals surface area contributed by atoms with E-state index in [0.29, 0.717) is 12.0 Å². The zero-order chi connectivity index (χ0) is 22.6. The van der Waals surface area contributed by atoms with Crippen LogP contribution < -0.4 is 0 Å². The Kier molecular flexibility index (Phi) is 4.34. The fraction of sp³-hybridized carbons (Fsp3) is 0.720. The van der Waals surface area contributed by atoms with E-state index in [0.717, 1.165) is 36.8 Å². The number of methoxy groups -OCH3 is 1. The number of carbonyl (C=O) groups is 1. The number of ether oxygens (including phenoxy) is 2. The first-order valence-corrected chi connectivity index (χ1v) is 14.5. The van der Waals surface area contributed by atoms with Crippen molar-refractivity contribution in [2.75, 3.05) is 7.11 Å². The molecule has 0 aromatic carbocycles. The molecule has 0 radical (unpaired) electrons. The molecule has 0 unspecified atom stereocenters. The molecule has 6 atom stereocenters. The van der Waals surface area contributed by atoms with Crippen LogP contribution in [0.4, 0.5) is 0 Å². The van der Waals surface area contributed by atoms with E-state index in [1.807, 2.05) is 6.08 Å². The maximum absolute atomic E-state index is 12.5. The molecule has 3 fully saturated rings. The number of fused-ring (bicyclic) bond motifs is 2. The van der Waals surface area contributed by atoms with Crippen molar-refractivity contribution < 1.29 is 23.8 Å². The summed E-state index contributed by atoms with van der Waals surface area (Å²) in [7, 11) is -0.607. The van der Waals surface area contributed by atoms with Gasteiger partial charge in [0.1, 0.15) is 11.7 Å². The third-order valence-electron chi connectivity index (χ3n) is 9.50. The molecule has 0 saturated heterocycles. The highest BCUT2D eigenvalue weighted by atomic mass is 28.4. The van der Waals surface area contributed by atoms with Crippen LogP contribution in [0.1, 0.15) is 52.9 Å². The van der Waals surface area contributed by atoms with Gasteiger partial charge in [-0.05, 0) is 67.5 Å². The van der Waals surface area contributed by atoms with Gasteiger partial charge in [0.05, 0.1) is 24.4 Å². The third-order valence-corrected chi connectivity index (χ3v) is 14.0. The summed E-state index contributed by atoms with van der Waals surface area (Å²) in [5.41, 5.74) is 1.39. The molecule has 0 aromatic heterocycles. The highest BCUT2D eigenvalue weighted by molar-refractivity contribution is 6.74. The third kappa shape index (κ3) is 2.56. The van der Waals surface area contributed by atoms with E-state index >= 15 is 0 Å². The van der Waals surface area contributed by atoms with Crippen molar-refractivity contribution >= 4 is 14.3 Å². The smallest absolute Gasteiger partial charge is 0.336 e. The molecule has 2 heterocycles. The van der Waals surface area contributed by atoms with E-state index in [1.54, 1.807) is 0 Å². The van der Waals surface area contributed by atoms with Crippen LogP contribution in [0.3, 0.4) is 0 Å². The molecule has 0 aromatic rings. The second-order valence-electron chi connectivity index (χ2n) is 11.9. The number of aliphatic hydroxyl groups is 1. The van der Waals surface area contributed by atoms with Crippen molar-refractivity contribution in [1.82, 2.24) is 0 Å². The molecule has 0 amide bonds. The standard InChI is InChI=1S/C25H36O5Si/c1-15-13-23-14-24(15,30-31(6,7)22(2,3)4)10-9-18(23)25-11-8-17(29-25)20(21(27)28-5)16(25)12-19(23)26/h8,11,17-19,26H,1,9-10,12-14H2,2-7H3/t17-,18-,19+,23+,24+,25-/m1/s1. The maximum atomic E-state index is 12.5. The minimum atomic E-state index is -2.02. The summed E-state index contributed by atoms with van der Waals surface area (Å²) in [6, 6.07) is 0. The zero-order valence-electron chi connectivity index (χ0n) is 19.7. The van der Waals surface area contributed by atoms with Crippen LogP contribution in [0.25, 0.3) is 0 Å². The second-order valence-corrected chi connectivity index (χ2v) is 16.7. The minimum absolute atomic E-state index is 0.109. The number of aliphatic hydroxyl groups excluding tert-OH is 1. The average Bonchev–Trinajstić information content (AvgIpc) is 3.28. The molecule has 2 spiro atoms. The molecular formula is C25H36O5Si. The Labute approximate surface area is 186 Å². The molecule has 5 aliphatic rings. The molecule has 4 bridgehead atoms. The van der Waals surface area contributed by atoms with Crippen molar-refractivity contribution in [2.24, 2.45) is 11.3 Å². The van der Waals surface area contributed by atoms with Crippen LogP contribution in [0.15, 0.2) is 35.5 Å². The number of esters is 1. The van der Waals surface area contributed by atoms with E-state index in [-0.39, 0.29) is 34.0 Å². The minimum Gasteiger partial charge on any atom is -0.466 e. The lowest BCUT2D eigenvalue weighted by molar-refractivity contribution is -0.153. The summed E-state index contributed by atoms with van der Waals surface area (Å²) in [6.45, 7) is 15.9. The van der Waals surface area contributed by atoms with Gasteiger partial charge in [0.15, 0.2) is 8.32 Å². The van der Waals surface area contributed by atoms with Crippen LogP contribution in [-0.4, -0.2) is 49.9 Å². The predicted molar refractivity (Wildman–Crippen MR) is 121 cm³/mol. The number of hydrogen-bond donors (Lipinski definition) is 1. The summed E-state index contributed by atoms with van der Waals surface area (Å²) in [6.07, 6.45) is 7.03. The van der Waals surface area contributed by atoms with Gasteiger partial charge in [-0.15, -0.1) is 0 Å². The Balaban J connectivity index is 1.55. The van der Waals surface area contributed by atoms with Gasteiger partial charge in [-0.2, -0.15) is 0 Å². The molecular weight excluding hydrogens is 408 g/mol. The molecule has 5 rings (SSSR count). The molecule has 31 heavy (non-hydrogen) atoms. The normalized spacial score (nSPS) is 43.3. The predicted octanol–water partition coefficient (Wildman–Crippen LogP) is 4.44. The summed E-state index contributed by atoms with van der Waals surface area (Å²) < 4.78 is 18.7. The highest BCUT2D eigenvalue weighted by Gasteiger charge is 2.72. The summed E-state index contributed by atoms with van der Waals surface area (Å²) in [5, 5.41) is 11.7. The van der Waals surface area contributed by atoms with E-state index in [2.05, 4.69) is 46.5 Å². The molecule has 3 saturated carbocycles. The van der Waals surface area contributed by atoms with E-state index in [4.69, 9.17) is 13.9 Å². The Hall–Kier alpha value is -1.21. The molecule has 1 N–H and O–H groups in total. The van der Waals surface area contributed by atoms with E-state index < -0.39 is 20.0 Å². The maximum Gasteiger partial charge on any atom is 0.336 e. The molecule has 170 valence electrons. The number of hydrogen-bond acceptors (Lipinski definition) is 5. The van der Waals surface area contributed by atoms with E-state index in [1.165, 1.54) is 7.11 Å². The largest absolute Gasteiger partial charge is 0.466 e. The fourth-order valence-corrected chi connectivity index (χ4v) is 8.62.